The zero-order valence-electron chi connectivity index (χ0n) is 15.8. The van der Waals surface area contributed by atoms with E-state index in [1.165, 1.54) is 24.5 Å². The van der Waals surface area contributed by atoms with Crippen molar-refractivity contribution in [1.82, 2.24) is 20.3 Å². The van der Waals surface area contributed by atoms with Gasteiger partial charge in [-0.3, -0.25) is 4.98 Å². The number of hydrogen-bond donors (Lipinski definition) is 2. The van der Waals surface area contributed by atoms with Gasteiger partial charge in [0.25, 0.3) is 0 Å². The Kier molecular flexibility index (Phi) is 4.39. The van der Waals surface area contributed by atoms with Crippen LogP contribution in [0.3, 0.4) is 0 Å². The van der Waals surface area contributed by atoms with Crippen LogP contribution in [-0.2, 0) is 0 Å². The minimum atomic E-state index is -3.70. The van der Waals surface area contributed by atoms with Crippen molar-refractivity contribution in [2.24, 2.45) is 0 Å². The molecule has 0 spiro atoms. The number of benzene rings is 1. The van der Waals surface area contributed by atoms with Crippen LogP contribution in [0, 0.1) is 0 Å². The third kappa shape index (κ3) is 3.58. The van der Waals surface area contributed by atoms with Crippen molar-refractivity contribution in [2.75, 3.05) is 25.0 Å². The summed E-state index contributed by atoms with van der Waals surface area (Å²) in [5, 5.41) is 6.14. The summed E-state index contributed by atoms with van der Waals surface area (Å²) in [5.74, 6) is 0.247. The first-order chi connectivity index (χ1) is 14.4. The Balaban J connectivity index is 1.50. The SMILES string of the molecule is FC1(F)Oc2ccc(-c3cc4nccnc4c(NC[C@@]4(F)CCCNC4)n3)cc2O1. The maximum atomic E-state index is 15.0. The number of aromatic nitrogens is 3. The Morgan fingerprint density at radius 2 is 1.90 bits per heavy atom. The molecule has 0 radical (unpaired) electrons. The van der Waals surface area contributed by atoms with Gasteiger partial charge in [-0.2, -0.15) is 0 Å². The number of nitrogens with one attached hydrogen (secondary N) is 2. The summed E-state index contributed by atoms with van der Waals surface area (Å²) in [7, 11) is 0. The molecule has 10 heteroatoms. The van der Waals surface area contributed by atoms with Gasteiger partial charge in [0, 0.05) is 24.5 Å². The molecule has 1 saturated heterocycles. The topological polar surface area (TPSA) is 81.2 Å². The van der Waals surface area contributed by atoms with E-state index in [0.717, 1.165) is 13.0 Å². The summed E-state index contributed by atoms with van der Waals surface area (Å²) >= 11 is 0. The molecule has 2 aromatic heterocycles. The lowest BCUT2D eigenvalue weighted by molar-refractivity contribution is -0.286. The summed E-state index contributed by atoms with van der Waals surface area (Å²) in [6.45, 7) is 1.13. The molecule has 5 rings (SSSR count). The van der Waals surface area contributed by atoms with E-state index in [-0.39, 0.29) is 24.6 Å². The maximum absolute atomic E-state index is 15.0. The van der Waals surface area contributed by atoms with E-state index in [0.29, 0.717) is 34.5 Å². The predicted octanol–water partition coefficient (Wildman–Crippen LogP) is 3.52. The zero-order chi connectivity index (χ0) is 20.8. The fourth-order valence-electron chi connectivity index (χ4n) is 3.68. The first-order valence-corrected chi connectivity index (χ1v) is 9.56. The van der Waals surface area contributed by atoms with Crippen molar-refractivity contribution >= 4 is 16.9 Å². The Morgan fingerprint density at radius 3 is 2.73 bits per heavy atom. The molecular weight excluding hydrogens is 399 g/mol. The Morgan fingerprint density at radius 1 is 1.07 bits per heavy atom. The van der Waals surface area contributed by atoms with Crippen molar-refractivity contribution in [3.8, 4) is 22.8 Å². The highest BCUT2D eigenvalue weighted by Crippen LogP contribution is 2.43. The van der Waals surface area contributed by atoms with Gasteiger partial charge in [0.15, 0.2) is 17.3 Å². The molecule has 1 atom stereocenters. The molecule has 0 bridgehead atoms. The number of hydrogen-bond acceptors (Lipinski definition) is 7. The van der Waals surface area contributed by atoms with Crippen LogP contribution in [0.1, 0.15) is 12.8 Å². The van der Waals surface area contributed by atoms with Gasteiger partial charge < -0.3 is 20.1 Å². The van der Waals surface area contributed by atoms with Gasteiger partial charge in [-0.15, -0.1) is 8.78 Å². The second-order valence-corrected chi connectivity index (χ2v) is 7.39. The Bertz CT molecular complexity index is 1100. The first-order valence-electron chi connectivity index (χ1n) is 9.56. The number of nitrogens with zero attached hydrogens (tertiary/aromatic N) is 3. The van der Waals surface area contributed by atoms with E-state index in [1.54, 1.807) is 12.1 Å². The number of rotatable bonds is 4. The molecule has 1 aromatic carbocycles. The lowest BCUT2D eigenvalue weighted by atomic mass is 9.96. The van der Waals surface area contributed by atoms with Gasteiger partial charge >= 0.3 is 6.29 Å². The second-order valence-electron chi connectivity index (χ2n) is 7.39. The number of fused-ring (bicyclic) bond motifs is 2. The van der Waals surface area contributed by atoms with Crippen LogP contribution < -0.4 is 20.1 Å². The van der Waals surface area contributed by atoms with Gasteiger partial charge in [0.1, 0.15) is 11.2 Å². The third-order valence-electron chi connectivity index (χ3n) is 5.15. The molecule has 30 heavy (non-hydrogen) atoms. The van der Waals surface area contributed by atoms with Crippen molar-refractivity contribution in [2.45, 2.75) is 24.8 Å². The van der Waals surface area contributed by atoms with E-state index >= 15 is 4.39 Å². The lowest BCUT2D eigenvalue weighted by Crippen LogP contribution is -2.46. The van der Waals surface area contributed by atoms with E-state index in [9.17, 15) is 8.78 Å². The summed E-state index contributed by atoms with van der Waals surface area (Å²) in [6.07, 6.45) is 0.586. The van der Waals surface area contributed by atoms with Gasteiger partial charge in [-0.25, -0.2) is 14.4 Å². The third-order valence-corrected chi connectivity index (χ3v) is 5.15. The second kappa shape index (κ2) is 6.98. The lowest BCUT2D eigenvalue weighted by Gasteiger charge is -2.30. The summed E-state index contributed by atoms with van der Waals surface area (Å²) in [4.78, 5) is 13.2. The minimum Gasteiger partial charge on any atom is -0.395 e. The molecule has 0 amide bonds. The van der Waals surface area contributed by atoms with E-state index in [2.05, 4.69) is 35.1 Å². The summed E-state index contributed by atoms with van der Waals surface area (Å²) in [6, 6.07) is 6.11. The van der Waals surface area contributed by atoms with Gasteiger partial charge in [0.05, 0.1) is 17.8 Å². The Labute approximate surface area is 169 Å². The number of anilines is 1. The van der Waals surface area contributed by atoms with E-state index < -0.39 is 12.0 Å². The molecule has 1 fully saturated rings. The number of alkyl halides is 3. The standard InChI is InChI=1S/C20H18F3N5O2/c21-19(4-1-5-24-10-19)11-27-18-17-14(25-6-7-26-17)9-13(28-18)12-2-3-15-16(8-12)30-20(22,23)29-15/h2-3,6-9,24H,1,4-5,10-11H2,(H,27,28)/t19-/m1/s1. The van der Waals surface area contributed by atoms with Crippen LogP contribution in [0.4, 0.5) is 19.0 Å². The van der Waals surface area contributed by atoms with Gasteiger partial charge in [0.2, 0.25) is 0 Å². The van der Waals surface area contributed by atoms with Gasteiger partial charge in [-0.05, 0) is 43.7 Å². The molecule has 0 saturated carbocycles. The van der Waals surface area contributed by atoms with Crippen LogP contribution in [0.15, 0.2) is 36.7 Å². The quantitative estimate of drug-likeness (QED) is 0.672. The van der Waals surface area contributed by atoms with Crippen LogP contribution in [0.2, 0.25) is 0 Å². The van der Waals surface area contributed by atoms with Crippen LogP contribution in [0.25, 0.3) is 22.3 Å². The highest BCUT2D eigenvalue weighted by molar-refractivity contribution is 5.88. The Hall–Kier alpha value is -3.14. The minimum absolute atomic E-state index is 0.0492. The molecule has 7 nitrogen and oxygen atoms in total. The monoisotopic (exact) mass is 417 g/mol. The average molecular weight is 417 g/mol. The van der Waals surface area contributed by atoms with Crippen molar-refractivity contribution in [3.05, 3.63) is 36.7 Å². The highest BCUT2D eigenvalue weighted by atomic mass is 19.3. The van der Waals surface area contributed by atoms with Crippen molar-refractivity contribution in [3.63, 3.8) is 0 Å². The van der Waals surface area contributed by atoms with E-state index in [1.807, 2.05) is 0 Å². The molecule has 3 aromatic rings. The number of piperidine rings is 1. The molecular formula is C20H18F3N5O2. The predicted molar refractivity (Wildman–Crippen MR) is 103 cm³/mol. The van der Waals surface area contributed by atoms with Gasteiger partial charge in [-0.1, -0.05) is 0 Å². The fourth-order valence-corrected chi connectivity index (χ4v) is 3.68. The average Bonchev–Trinajstić information content (AvgIpc) is 3.05. The smallest absolute Gasteiger partial charge is 0.395 e. The summed E-state index contributed by atoms with van der Waals surface area (Å²) in [5.41, 5.74) is 0.639. The number of halogens is 3. The number of ether oxygens (including phenoxy) is 2. The van der Waals surface area contributed by atoms with E-state index in [4.69, 9.17) is 0 Å². The zero-order valence-corrected chi connectivity index (χ0v) is 15.8. The fraction of sp³-hybridized carbons (Fsp3) is 0.350. The van der Waals surface area contributed by atoms with Crippen LogP contribution >= 0.6 is 0 Å². The largest absolute Gasteiger partial charge is 0.586 e. The molecule has 2 aliphatic rings. The molecule has 4 heterocycles. The molecule has 0 aliphatic carbocycles. The summed E-state index contributed by atoms with van der Waals surface area (Å²) < 4.78 is 50.6. The highest BCUT2D eigenvalue weighted by Gasteiger charge is 2.43. The van der Waals surface area contributed by atoms with Crippen LogP contribution in [-0.4, -0.2) is 46.5 Å². The number of pyridine rings is 1. The maximum Gasteiger partial charge on any atom is 0.586 e. The van der Waals surface area contributed by atoms with Crippen LogP contribution in [0.5, 0.6) is 11.5 Å². The molecule has 2 aliphatic heterocycles. The molecule has 0 unspecified atom stereocenters. The normalized spacial score (nSPS) is 22.2. The molecule has 156 valence electrons. The molecule has 2 N–H and O–H groups in total. The first kappa shape index (κ1) is 18.9. The van der Waals surface area contributed by atoms with Crippen molar-refractivity contribution < 1.29 is 22.6 Å². The van der Waals surface area contributed by atoms with Crippen molar-refractivity contribution in [1.29, 1.82) is 0 Å².